The predicted octanol–water partition coefficient (Wildman–Crippen LogP) is 0.416. The minimum atomic E-state index is -3.48. The molecule has 3 fully saturated rings. The molecule has 8 nitrogen and oxygen atoms in total. The van der Waals surface area contributed by atoms with Crippen LogP contribution in [0.4, 0.5) is 0 Å². The summed E-state index contributed by atoms with van der Waals surface area (Å²) in [7, 11) is -6.39. The van der Waals surface area contributed by atoms with Gasteiger partial charge in [0.2, 0.25) is 10.0 Å². The molecule has 160 valence electrons. The second-order valence-electron chi connectivity index (χ2n) is 8.02. The lowest BCUT2D eigenvalue weighted by Gasteiger charge is -2.37. The Labute approximate surface area is 172 Å². The van der Waals surface area contributed by atoms with E-state index in [2.05, 4.69) is 4.90 Å². The third-order valence-electron chi connectivity index (χ3n) is 6.13. The molecule has 10 heteroatoms. The van der Waals surface area contributed by atoms with Crippen LogP contribution in [0.5, 0.6) is 0 Å². The van der Waals surface area contributed by atoms with Crippen molar-refractivity contribution in [2.75, 3.05) is 50.8 Å². The van der Waals surface area contributed by atoms with Gasteiger partial charge in [0.1, 0.15) is 0 Å². The topological polar surface area (TPSA) is 95.1 Å². The van der Waals surface area contributed by atoms with Gasteiger partial charge in [-0.3, -0.25) is 9.69 Å². The maximum atomic E-state index is 12.8. The number of carbonyl (C=O) groups is 1. The number of sulfone groups is 1. The summed E-state index contributed by atoms with van der Waals surface area (Å²) in [4.78, 5) is 16.9. The Morgan fingerprint density at radius 3 is 2.10 bits per heavy atom. The van der Waals surface area contributed by atoms with E-state index in [1.54, 1.807) is 17.0 Å². The molecular weight excluding hydrogens is 414 g/mol. The van der Waals surface area contributed by atoms with E-state index in [1.165, 1.54) is 16.4 Å². The minimum Gasteiger partial charge on any atom is -0.336 e. The van der Waals surface area contributed by atoms with Crippen molar-refractivity contribution in [2.24, 2.45) is 0 Å². The van der Waals surface area contributed by atoms with E-state index in [4.69, 9.17) is 0 Å². The van der Waals surface area contributed by atoms with Crippen molar-refractivity contribution in [1.82, 2.24) is 14.1 Å². The van der Waals surface area contributed by atoms with Crippen molar-refractivity contribution in [2.45, 2.75) is 30.2 Å². The van der Waals surface area contributed by atoms with Crippen molar-refractivity contribution in [3.05, 3.63) is 29.8 Å². The standard InChI is InChI=1S/C19H27N3O5S2/c23-19(21-12-10-20(11-13-21)17-7-14-28(24,25)15-17)16-3-5-18(6-4-16)29(26,27)22-8-1-2-9-22/h3-6,17H,1-2,7-15H2/t17-/m0/s1. The number of hydrogen-bond acceptors (Lipinski definition) is 6. The summed E-state index contributed by atoms with van der Waals surface area (Å²) >= 11 is 0. The average molecular weight is 442 g/mol. The number of rotatable bonds is 4. The highest BCUT2D eigenvalue weighted by Crippen LogP contribution is 2.23. The number of hydrogen-bond donors (Lipinski definition) is 0. The Morgan fingerprint density at radius 1 is 0.931 bits per heavy atom. The lowest BCUT2D eigenvalue weighted by atomic mass is 10.1. The molecular formula is C19H27N3O5S2. The second-order valence-corrected chi connectivity index (χ2v) is 12.2. The zero-order valence-corrected chi connectivity index (χ0v) is 18.0. The first-order valence-electron chi connectivity index (χ1n) is 10.1. The molecule has 1 amide bonds. The smallest absolute Gasteiger partial charge is 0.253 e. The van der Waals surface area contributed by atoms with Crippen LogP contribution in [0.3, 0.4) is 0 Å². The van der Waals surface area contributed by atoms with Crippen LogP contribution in [-0.2, 0) is 19.9 Å². The molecule has 0 unspecified atom stereocenters. The summed E-state index contributed by atoms with van der Waals surface area (Å²) < 4.78 is 50.1. The Kier molecular flexibility index (Phi) is 5.71. The van der Waals surface area contributed by atoms with Crippen LogP contribution in [0, 0.1) is 0 Å². The Hall–Kier alpha value is -1.49. The van der Waals surface area contributed by atoms with E-state index in [0.717, 1.165) is 12.8 Å². The molecule has 3 aliphatic heterocycles. The molecule has 3 saturated heterocycles. The lowest BCUT2D eigenvalue weighted by molar-refractivity contribution is 0.0587. The molecule has 1 atom stereocenters. The zero-order chi connectivity index (χ0) is 20.6. The number of piperazine rings is 1. The molecule has 1 aromatic carbocycles. The Bertz CT molecular complexity index is 962. The van der Waals surface area contributed by atoms with Crippen LogP contribution in [-0.4, -0.2) is 93.7 Å². The molecule has 4 rings (SSSR count). The summed E-state index contributed by atoms with van der Waals surface area (Å²) in [6.45, 7) is 3.51. The van der Waals surface area contributed by atoms with E-state index in [1.807, 2.05) is 0 Å². The molecule has 0 radical (unpaired) electrons. The van der Waals surface area contributed by atoms with E-state index >= 15 is 0 Å². The second kappa shape index (κ2) is 7.98. The van der Waals surface area contributed by atoms with Gasteiger partial charge in [-0.15, -0.1) is 0 Å². The van der Waals surface area contributed by atoms with Gasteiger partial charge in [0.25, 0.3) is 5.91 Å². The van der Waals surface area contributed by atoms with Gasteiger partial charge in [-0.05, 0) is 43.5 Å². The fourth-order valence-corrected chi connectivity index (χ4v) is 7.66. The summed E-state index contributed by atoms with van der Waals surface area (Å²) in [6.07, 6.45) is 2.44. The number of benzene rings is 1. The van der Waals surface area contributed by atoms with Crippen molar-refractivity contribution in [1.29, 1.82) is 0 Å². The fraction of sp³-hybridized carbons (Fsp3) is 0.632. The van der Waals surface area contributed by atoms with Crippen molar-refractivity contribution < 1.29 is 21.6 Å². The quantitative estimate of drug-likeness (QED) is 0.672. The molecule has 29 heavy (non-hydrogen) atoms. The summed E-state index contributed by atoms with van der Waals surface area (Å²) in [5.41, 5.74) is 0.474. The third kappa shape index (κ3) is 4.35. The van der Waals surface area contributed by atoms with Gasteiger partial charge < -0.3 is 4.90 Å². The molecule has 0 N–H and O–H groups in total. The van der Waals surface area contributed by atoms with Crippen LogP contribution in [0.2, 0.25) is 0 Å². The van der Waals surface area contributed by atoms with Gasteiger partial charge in [0.15, 0.2) is 9.84 Å². The maximum Gasteiger partial charge on any atom is 0.253 e. The van der Waals surface area contributed by atoms with Gasteiger partial charge in [-0.25, -0.2) is 16.8 Å². The van der Waals surface area contributed by atoms with Gasteiger partial charge in [-0.2, -0.15) is 4.31 Å². The number of sulfonamides is 1. The van der Waals surface area contributed by atoms with Gasteiger partial charge >= 0.3 is 0 Å². The van der Waals surface area contributed by atoms with E-state index in [9.17, 15) is 21.6 Å². The third-order valence-corrected chi connectivity index (χ3v) is 9.79. The highest BCUT2D eigenvalue weighted by molar-refractivity contribution is 7.91. The molecule has 3 heterocycles. The molecule has 1 aromatic rings. The van der Waals surface area contributed by atoms with Crippen molar-refractivity contribution >= 4 is 25.8 Å². The fourth-order valence-electron chi connectivity index (χ4n) is 4.38. The van der Waals surface area contributed by atoms with Crippen molar-refractivity contribution in [3.63, 3.8) is 0 Å². The number of amides is 1. The van der Waals surface area contributed by atoms with Crippen LogP contribution in [0.1, 0.15) is 29.6 Å². The first kappa shape index (κ1) is 20.8. The molecule has 0 aromatic heterocycles. The normalized spacial score (nSPS) is 26.1. The summed E-state index contributed by atoms with van der Waals surface area (Å²) in [5, 5.41) is 0. The summed E-state index contributed by atoms with van der Waals surface area (Å²) in [6, 6.07) is 6.26. The van der Waals surface area contributed by atoms with Gasteiger partial charge in [0, 0.05) is 50.9 Å². The van der Waals surface area contributed by atoms with Crippen LogP contribution in [0.25, 0.3) is 0 Å². The molecule has 0 bridgehead atoms. The van der Waals surface area contributed by atoms with E-state index < -0.39 is 19.9 Å². The largest absolute Gasteiger partial charge is 0.336 e. The Morgan fingerprint density at radius 2 is 1.55 bits per heavy atom. The van der Waals surface area contributed by atoms with Crippen molar-refractivity contribution in [3.8, 4) is 0 Å². The first-order valence-corrected chi connectivity index (χ1v) is 13.4. The molecule has 0 spiro atoms. The molecule has 0 aliphatic carbocycles. The SMILES string of the molecule is O=C(c1ccc(S(=O)(=O)N2CCCC2)cc1)N1CCN([C@H]2CCS(=O)(=O)C2)CC1. The number of nitrogens with zero attached hydrogens (tertiary/aromatic N) is 3. The van der Waals surface area contributed by atoms with Crippen LogP contribution in [0.15, 0.2) is 29.2 Å². The zero-order valence-electron chi connectivity index (χ0n) is 16.4. The lowest BCUT2D eigenvalue weighted by Crippen LogP contribution is -2.52. The van der Waals surface area contributed by atoms with Gasteiger partial charge in [-0.1, -0.05) is 0 Å². The number of carbonyl (C=O) groups excluding carboxylic acids is 1. The highest BCUT2D eigenvalue weighted by Gasteiger charge is 2.34. The predicted molar refractivity (Wildman–Crippen MR) is 109 cm³/mol. The molecule has 3 aliphatic rings. The monoisotopic (exact) mass is 441 g/mol. The van der Waals surface area contributed by atoms with Gasteiger partial charge in [0.05, 0.1) is 16.4 Å². The van der Waals surface area contributed by atoms with Crippen LogP contribution < -0.4 is 0 Å². The summed E-state index contributed by atoms with van der Waals surface area (Å²) in [5.74, 6) is 0.353. The first-order chi connectivity index (χ1) is 13.8. The van der Waals surface area contributed by atoms with Crippen LogP contribution >= 0.6 is 0 Å². The van der Waals surface area contributed by atoms with E-state index in [-0.39, 0.29) is 28.4 Å². The Balaban J connectivity index is 1.37. The highest BCUT2D eigenvalue weighted by atomic mass is 32.2. The molecule has 0 saturated carbocycles. The minimum absolute atomic E-state index is 0.0623. The maximum absolute atomic E-state index is 12.8. The van der Waals surface area contributed by atoms with E-state index in [0.29, 0.717) is 51.3 Å². The average Bonchev–Trinajstić information content (AvgIpc) is 3.38.